The summed E-state index contributed by atoms with van der Waals surface area (Å²) >= 11 is 0. The highest BCUT2D eigenvalue weighted by molar-refractivity contribution is 5.15. The Morgan fingerprint density at radius 2 is 2.23 bits per heavy atom. The molecule has 2 unspecified atom stereocenters. The van der Waals surface area contributed by atoms with E-state index in [1.807, 2.05) is 0 Å². The molecule has 1 aromatic rings. The predicted octanol–water partition coefficient (Wildman–Crippen LogP) is 1.37. The maximum atomic E-state index is 9.22. The molecule has 0 aliphatic heterocycles. The maximum Gasteiger partial charge on any atom is 0.178 e. The minimum absolute atomic E-state index is 0.357. The number of aromatic nitrogens is 3. The summed E-state index contributed by atoms with van der Waals surface area (Å²) in [4.78, 5) is 4.25. The first-order valence-corrected chi connectivity index (χ1v) is 4.61. The molecule has 0 saturated heterocycles. The first-order valence-electron chi connectivity index (χ1n) is 4.61. The summed E-state index contributed by atoms with van der Waals surface area (Å²) < 4.78 is 0. The van der Waals surface area contributed by atoms with E-state index in [4.69, 9.17) is 0 Å². The van der Waals surface area contributed by atoms with E-state index >= 15 is 0 Å². The van der Waals surface area contributed by atoms with Gasteiger partial charge in [-0.25, -0.2) is 4.98 Å². The van der Waals surface area contributed by atoms with Crippen molar-refractivity contribution in [3.8, 4) is 0 Å². The lowest BCUT2D eigenvalue weighted by Gasteiger charge is -1.97. The van der Waals surface area contributed by atoms with Crippen LogP contribution < -0.4 is 0 Å². The van der Waals surface area contributed by atoms with Crippen molar-refractivity contribution in [2.24, 2.45) is 5.41 Å². The van der Waals surface area contributed by atoms with E-state index in [-0.39, 0.29) is 0 Å². The summed E-state index contributed by atoms with van der Waals surface area (Å²) in [5.74, 6) is 1.91. The van der Waals surface area contributed by atoms with E-state index in [1.54, 1.807) is 6.92 Å². The third-order valence-electron chi connectivity index (χ3n) is 2.74. The van der Waals surface area contributed by atoms with E-state index < -0.39 is 6.10 Å². The second-order valence-electron chi connectivity index (χ2n) is 4.50. The van der Waals surface area contributed by atoms with Gasteiger partial charge in [-0.15, -0.1) is 0 Å². The van der Waals surface area contributed by atoms with Crippen LogP contribution in [0, 0.1) is 5.41 Å². The highest BCUT2D eigenvalue weighted by atomic mass is 16.3. The molecule has 4 nitrogen and oxygen atoms in total. The molecule has 1 fully saturated rings. The molecule has 1 heterocycles. The molecule has 2 atom stereocenters. The van der Waals surface area contributed by atoms with Crippen LogP contribution in [0.3, 0.4) is 0 Å². The van der Waals surface area contributed by atoms with Crippen LogP contribution in [-0.4, -0.2) is 20.3 Å². The zero-order valence-corrected chi connectivity index (χ0v) is 8.20. The molecular formula is C9H15N3O. The SMILES string of the molecule is CC(O)c1n[nH]c(C2CC2(C)C)n1. The molecule has 13 heavy (non-hydrogen) atoms. The fourth-order valence-electron chi connectivity index (χ4n) is 1.56. The summed E-state index contributed by atoms with van der Waals surface area (Å²) in [5.41, 5.74) is 0.357. The van der Waals surface area contributed by atoms with Crippen LogP contribution in [0.2, 0.25) is 0 Å². The van der Waals surface area contributed by atoms with E-state index in [9.17, 15) is 5.11 Å². The largest absolute Gasteiger partial charge is 0.385 e. The van der Waals surface area contributed by atoms with Crippen LogP contribution in [-0.2, 0) is 0 Å². The van der Waals surface area contributed by atoms with Crippen molar-refractivity contribution in [3.63, 3.8) is 0 Å². The van der Waals surface area contributed by atoms with Gasteiger partial charge in [-0.05, 0) is 18.8 Å². The van der Waals surface area contributed by atoms with Crippen LogP contribution in [0.5, 0.6) is 0 Å². The Kier molecular flexibility index (Phi) is 1.70. The van der Waals surface area contributed by atoms with Gasteiger partial charge >= 0.3 is 0 Å². The summed E-state index contributed by atoms with van der Waals surface area (Å²) in [6, 6.07) is 0. The predicted molar refractivity (Wildman–Crippen MR) is 48.2 cm³/mol. The maximum absolute atomic E-state index is 9.22. The smallest absolute Gasteiger partial charge is 0.178 e. The van der Waals surface area contributed by atoms with Gasteiger partial charge < -0.3 is 5.11 Å². The van der Waals surface area contributed by atoms with Crippen LogP contribution >= 0.6 is 0 Å². The molecule has 0 spiro atoms. The van der Waals surface area contributed by atoms with Gasteiger partial charge in [0.05, 0.1) is 0 Å². The molecule has 1 aliphatic carbocycles. The van der Waals surface area contributed by atoms with Gasteiger partial charge in [0.15, 0.2) is 5.82 Å². The molecule has 2 N–H and O–H groups in total. The van der Waals surface area contributed by atoms with Crippen molar-refractivity contribution in [2.75, 3.05) is 0 Å². The number of aliphatic hydroxyl groups excluding tert-OH is 1. The van der Waals surface area contributed by atoms with Crippen molar-refractivity contribution in [2.45, 2.75) is 39.2 Å². The van der Waals surface area contributed by atoms with Crippen molar-refractivity contribution in [3.05, 3.63) is 11.6 Å². The second-order valence-corrected chi connectivity index (χ2v) is 4.50. The van der Waals surface area contributed by atoms with Gasteiger partial charge in [-0.3, -0.25) is 5.10 Å². The van der Waals surface area contributed by atoms with Gasteiger partial charge in [0.2, 0.25) is 0 Å². The Morgan fingerprint density at radius 3 is 2.62 bits per heavy atom. The lowest BCUT2D eigenvalue weighted by atomic mass is 10.1. The van der Waals surface area contributed by atoms with Crippen LogP contribution in [0.25, 0.3) is 0 Å². The number of aromatic amines is 1. The Morgan fingerprint density at radius 1 is 1.62 bits per heavy atom. The van der Waals surface area contributed by atoms with E-state index in [0.29, 0.717) is 17.2 Å². The average molecular weight is 181 g/mol. The highest BCUT2D eigenvalue weighted by Crippen LogP contribution is 2.57. The monoisotopic (exact) mass is 181 g/mol. The molecule has 0 aromatic carbocycles. The fraction of sp³-hybridized carbons (Fsp3) is 0.778. The minimum atomic E-state index is -0.577. The summed E-state index contributed by atoms with van der Waals surface area (Å²) in [6.07, 6.45) is 0.577. The molecule has 1 aliphatic rings. The first kappa shape index (κ1) is 8.69. The molecule has 1 aromatic heterocycles. The minimum Gasteiger partial charge on any atom is -0.385 e. The Bertz CT molecular complexity index is 316. The molecule has 0 bridgehead atoms. The average Bonchev–Trinajstić information content (AvgIpc) is 2.50. The standard InChI is InChI=1S/C9H15N3O/c1-5(13)7-10-8(12-11-7)6-4-9(6,2)3/h5-6,13H,4H2,1-3H3,(H,10,11,12). The van der Waals surface area contributed by atoms with Crippen LogP contribution in [0.15, 0.2) is 0 Å². The second kappa shape index (κ2) is 2.54. The van der Waals surface area contributed by atoms with Crippen molar-refractivity contribution < 1.29 is 5.11 Å². The molecule has 0 radical (unpaired) electrons. The first-order chi connectivity index (χ1) is 6.00. The van der Waals surface area contributed by atoms with Crippen molar-refractivity contribution in [1.29, 1.82) is 0 Å². The van der Waals surface area contributed by atoms with Gasteiger partial charge in [0.1, 0.15) is 11.9 Å². The number of H-pyrrole nitrogens is 1. The van der Waals surface area contributed by atoms with Crippen LogP contribution in [0.1, 0.15) is 50.9 Å². The quantitative estimate of drug-likeness (QED) is 0.724. The Balaban J connectivity index is 2.16. The zero-order valence-electron chi connectivity index (χ0n) is 8.20. The Hall–Kier alpha value is -0.900. The molecule has 72 valence electrons. The van der Waals surface area contributed by atoms with Crippen molar-refractivity contribution in [1.82, 2.24) is 15.2 Å². The number of hydrogen-bond donors (Lipinski definition) is 2. The Labute approximate surface area is 77.4 Å². The van der Waals surface area contributed by atoms with E-state index in [0.717, 1.165) is 12.2 Å². The van der Waals surface area contributed by atoms with Gasteiger partial charge in [0.25, 0.3) is 0 Å². The zero-order chi connectivity index (χ0) is 9.64. The topological polar surface area (TPSA) is 61.8 Å². The normalized spacial score (nSPS) is 27.2. The number of rotatable bonds is 2. The van der Waals surface area contributed by atoms with Gasteiger partial charge in [0, 0.05) is 5.92 Å². The fourth-order valence-corrected chi connectivity index (χ4v) is 1.56. The summed E-state index contributed by atoms with van der Waals surface area (Å²) in [7, 11) is 0. The van der Waals surface area contributed by atoms with E-state index in [1.165, 1.54) is 0 Å². The molecular weight excluding hydrogens is 166 g/mol. The van der Waals surface area contributed by atoms with Gasteiger partial charge in [-0.2, -0.15) is 5.10 Å². The van der Waals surface area contributed by atoms with Crippen LogP contribution in [0.4, 0.5) is 0 Å². The number of aliphatic hydroxyl groups is 1. The van der Waals surface area contributed by atoms with Crippen molar-refractivity contribution >= 4 is 0 Å². The number of nitrogens with one attached hydrogen (secondary N) is 1. The summed E-state index contributed by atoms with van der Waals surface area (Å²) in [5, 5.41) is 16.1. The lowest BCUT2D eigenvalue weighted by Crippen LogP contribution is -1.95. The third kappa shape index (κ3) is 1.46. The molecule has 0 amide bonds. The molecule has 1 saturated carbocycles. The van der Waals surface area contributed by atoms with Gasteiger partial charge in [-0.1, -0.05) is 13.8 Å². The van der Waals surface area contributed by atoms with E-state index in [2.05, 4.69) is 29.0 Å². The third-order valence-corrected chi connectivity index (χ3v) is 2.74. The summed E-state index contributed by atoms with van der Waals surface area (Å²) in [6.45, 7) is 6.09. The number of nitrogens with zero attached hydrogens (tertiary/aromatic N) is 2. The molecule has 4 heteroatoms. The molecule has 2 rings (SSSR count). The lowest BCUT2D eigenvalue weighted by molar-refractivity contribution is 0.189. The highest BCUT2D eigenvalue weighted by Gasteiger charge is 2.48. The number of hydrogen-bond acceptors (Lipinski definition) is 3.